The van der Waals surface area contributed by atoms with E-state index in [1.54, 1.807) is 24.5 Å². The molecule has 0 unspecified atom stereocenters. The van der Waals surface area contributed by atoms with Gasteiger partial charge in [-0.3, -0.25) is 14.6 Å². The number of nitrogens with one attached hydrogen (secondary N) is 2. The molecule has 1 atom stereocenters. The van der Waals surface area contributed by atoms with Crippen LogP contribution in [0.3, 0.4) is 0 Å². The molecule has 0 aliphatic carbocycles. The molecule has 0 aromatic carbocycles. The van der Waals surface area contributed by atoms with Gasteiger partial charge in [0, 0.05) is 18.9 Å². The lowest BCUT2D eigenvalue weighted by molar-refractivity contribution is -0.147. The van der Waals surface area contributed by atoms with E-state index in [0.717, 1.165) is 5.56 Å². The first-order valence-electron chi connectivity index (χ1n) is 6.99. The molecule has 0 fully saturated rings. The smallest absolute Gasteiger partial charge is 0.328 e. The zero-order chi connectivity index (χ0) is 16.5. The molecule has 1 heterocycles. The highest BCUT2D eigenvalue weighted by Gasteiger charge is 2.25. The molecule has 7 nitrogen and oxygen atoms in total. The predicted molar refractivity (Wildman–Crippen MR) is 79.5 cm³/mol. The lowest BCUT2D eigenvalue weighted by atomic mass is 10.0. The molecule has 120 valence electrons. The standard InChI is InChI=1S/C15H21N3O4/c1-10(2)7-12(15(21)22-3)18-14(20)13(19)17-9-11-5-4-6-16-8-11/h4-6,8,10,12H,7,9H2,1-3H3,(H,17,19)(H,18,20)/t12-/m1/s1. The number of hydrogen-bond donors (Lipinski definition) is 2. The Kier molecular flexibility index (Phi) is 7.01. The number of pyridine rings is 1. The van der Waals surface area contributed by atoms with Gasteiger partial charge in [0.25, 0.3) is 0 Å². The number of esters is 1. The molecule has 1 rings (SSSR count). The molecular formula is C15H21N3O4. The van der Waals surface area contributed by atoms with E-state index in [0.29, 0.717) is 6.42 Å². The van der Waals surface area contributed by atoms with Crippen molar-refractivity contribution in [3.63, 3.8) is 0 Å². The maximum absolute atomic E-state index is 11.8. The van der Waals surface area contributed by atoms with Gasteiger partial charge in [-0.2, -0.15) is 0 Å². The summed E-state index contributed by atoms with van der Waals surface area (Å²) in [6.07, 6.45) is 3.60. The molecule has 0 spiro atoms. The first-order chi connectivity index (χ1) is 10.4. The summed E-state index contributed by atoms with van der Waals surface area (Å²) >= 11 is 0. The van der Waals surface area contributed by atoms with E-state index < -0.39 is 23.8 Å². The average molecular weight is 307 g/mol. The number of carbonyl (C=O) groups excluding carboxylic acids is 3. The molecule has 0 aliphatic heterocycles. The van der Waals surface area contributed by atoms with Gasteiger partial charge in [-0.25, -0.2) is 4.79 Å². The van der Waals surface area contributed by atoms with Crippen molar-refractivity contribution in [1.82, 2.24) is 15.6 Å². The quantitative estimate of drug-likeness (QED) is 0.586. The molecule has 0 saturated carbocycles. The summed E-state index contributed by atoms with van der Waals surface area (Å²) in [5.41, 5.74) is 0.773. The molecule has 2 amide bonds. The zero-order valence-corrected chi connectivity index (χ0v) is 13.0. The molecule has 0 aliphatic rings. The molecular weight excluding hydrogens is 286 g/mol. The van der Waals surface area contributed by atoms with Gasteiger partial charge >= 0.3 is 17.8 Å². The second-order valence-corrected chi connectivity index (χ2v) is 5.22. The van der Waals surface area contributed by atoms with Crippen LogP contribution in [0, 0.1) is 5.92 Å². The van der Waals surface area contributed by atoms with Gasteiger partial charge in [-0.15, -0.1) is 0 Å². The number of rotatable bonds is 6. The van der Waals surface area contributed by atoms with Gasteiger partial charge < -0.3 is 15.4 Å². The van der Waals surface area contributed by atoms with Crippen molar-refractivity contribution in [3.05, 3.63) is 30.1 Å². The summed E-state index contributed by atoms with van der Waals surface area (Å²) in [7, 11) is 1.24. The van der Waals surface area contributed by atoms with Crippen molar-refractivity contribution < 1.29 is 19.1 Å². The van der Waals surface area contributed by atoms with Crippen LogP contribution in [-0.4, -0.2) is 35.9 Å². The van der Waals surface area contributed by atoms with Crippen molar-refractivity contribution >= 4 is 17.8 Å². The van der Waals surface area contributed by atoms with E-state index in [2.05, 4.69) is 20.4 Å². The van der Waals surface area contributed by atoms with Crippen LogP contribution in [0.5, 0.6) is 0 Å². The SMILES string of the molecule is COC(=O)[C@@H](CC(C)C)NC(=O)C(=O)NCc1cccnc1. The highest BCUT2D eigenvalue weighted by Crippen LogP contribution is 2.06. The molecule has 2 N–H and O–H groups in total. The van der Waals surface area contributed by atoms with Crippen LogP contribution in [0.4, 0.5) is 0 Å². The van der Waals surface area contributed by atoms with Crippen LogP contribution in [0.25, 0.3) is 0 Å². The maximum Gasteiger partial charge on any atom is 0.328 e. The normalized spacial score (nSPS) is 11.6. The maximum atomic E-state index is 11.8. The van der Waals surface area contributed by atoms with Gasteiger partial charge in [-0.05, 0) is 24.0 Å². The minimum atomic E-state index is -0.861. The van der Waals surface area contributed by atoms with Crippen molar-refractivity contribution in [2.75, 3.05) is 7.11 Å². The topological polar surface area (TPSA) is 97.4 Å². The van der Waals surface area contributed by atoms with Gasteiger partial charge in [0.2, 0.25) is 0 Å². The Morgan fingerprint density at radius 2 is 2.00 bits per heavy atom. The molecule has 0 radical (unpaired) electrons. The monoisotopic (exact) mass is 307 g/mol. The molecule has 1 aromatic heterocycles. The molecule has 0 bridgehead atoms. The van der Waals surface area contributed by atoms with Crippen LogP contribution in [-0.2, 0) is 25.7 Å². The summed E-state index contributed by atoms with van der Waals surface area (Å²) in [6.45, 7) is 4.00. The molecule has 1 aromatic rings. The minimum Gasteiger partial charge on any atom is -0.467 e. The van der Waals surface area contributed by atoms with E-state index in [-0.39, 0.29) is 12.5 Å². The van der Waals surface area contributed by atoms with Gasteiger partial charge in [0.05, 0.1) is 7.11 Å². The van der Waals surface area contributed by atoms with Crippen molar-refractivity contribution in [2.24, 2.45) is 5.92 Å². The van der Waals surface area contributed by atoms with E-state index >= 15 is 0 Å². The van der Waals surface area contributed by atoms with Crippen molar-refractivity contribution in [2.45, 2.75) is 32.9 Å². The Bertz CT molecular complexity index is 517. The first-order valence-corrected chi connectivity index (χ1v) is 6.99. The summed E-state index contributed by atoms with van der Waals surface area (Å²) in [4.78, 5) is 39.1. The fourth-order valence-corrected chi connectivity index (χ4v) is 1.82. The lowest BCUT2D eigenvalue weighted by Crippen LogP contribution is -2.48. The Morgan fingerprint density at radius 3 is 2.55 bits per heavy atom. The zero-order valence-electron chi connectivity index (χ0n) is 13.0. The van der Waals surface area contributed by atoms with Crippen molar-refractivity contribution in [3.8, 4) is 0 Å². The number of methoxy groups -OCH3 is 1. The minimum absolute atomic E-state index is 0.169. The second kappa shape index (κ2) is 8.76. The van der Waals surface area contributed by atoms with E-state index in [4.69, 9.17) is 0 Å². The number of amides is 2. The van der Waals surface area contributed by atoms with Gasteiger partial charge in [0.1, 0.15) is 6.04 Å². The fraction of sp³-hybridized carbons (Fsp3) is 0.467. The third-order valence-corrected chi connectivity index (χ3v) is 2.88. The highest BCUT2D eigenvalue weighted by atomic mass is 16.5. The van der Waals surface area contributed by atoms with Gasteiger partial charge in [-0.1, -0.05) is 19.9 Å². The fourth-order valence-electron chi connectivity index (χ4n) is 1.82. The first kappa shape index (κ1) is 17.6. The lowest BCUT2D eigenvalue weighted by Gasteiger charge is -2.17. The summed E-state index contributed by atoms with van der Waals surface area (Å²) in [5.74, 6) is -2.06. The van der Waals surface area contributed by atoms with Crippen LogP contribution < -0.4 is 10.6 Å². The van der Waals surface area contributed by atoms with E-state index in [9.17, 15) is 14.4 Å². The van der Waals surface area contributed by atoms with Crippen LogP contribution in [0.15, 0.2) is 24.5 Å². The Labute approximate surface area is 129 Å². The van der Waals surface area contributed by atoms with Crippen LogP contribution in [0.1, 0.15) is 25.8 Å². The Hall–Kier alpha value is -2.44. The highest BCUT2D eigenvalue weighted by molar-refractivity contribution is 6.35. The Morgan fingerprint density at radius 1 is 1.27 bits per heavy atom. The summed E-state index contributed by atoms with van der Waals surface area (Å²) in [5, 5.41) is 4.87. The average Bonchev–Trinajstić information content (AvgIpc) is 2.51. The van der Waals surface area contributed by atoms with E-state index in [1.807, 2.05) is 13.8 Å². The number of aromatic nitrogens is 1. The second-order valence-electron chi connectivity index (χ2n) is 5.22. The van der Waals surface area contributed by atoms with Crippen molar-refractivity contribution in [1.29, 1.82) is 0 Å². The third-order valence-electron chi connectivity index (χ3n) is 2.88. The molecule has 0 saturated heterocycles. The predicted octanol–water partition coefficient (Wildman–Crippen LogP) is 0.402. The number of ether oxygens (including phenoxy) is 1. The largest absolute Gasteiger partial charge is 0.467 e. The molecule has 7 heteroatoms. The van der Waals surface area contributed by atoms with E-state index in [1.165, 1.54) is 7.11 Å². The molecule has 22 heavy (non-hydrogen) atoms. The summed E-state index contributed by atoms with van der Waals surface area (Å²) in [6, 6.07) is 2.68. The van der Waals surface area contributed by atoms with Crippen LogP contribution in [0.2, 0.25) is 0 Å². The van der Waals surface area contributed by atoms with Crippen LogP contribution >= 0.6 is 0 Å². The third kappa shape index (κ3) is 5.90. The summed E-state index contributed by atoms with van der Waals surface area (Å²) < 4.78 is 4.63. The number of hydrogen-bond acceptors (Lipinski definition) is 5. The number of carbonyl (C=O) groups is 3. The van der Waals surface area contributed by atoms with Gasteiger partial charge in [0.15, 0.2) is 0 Å². The Balaban J connectivity index is 2.53. The number of nitrogens with zero attached hydrogens (tertiary/aromatic N) is 1.